The molecule has 0 aromatic heterocycles. The first-order valence-electron chi connectivity index (χ1n) is 9.54. The Hall–Kier alpha value is -2.49. The molecule has 29 heavy (non-hydrogen) atoms. The Morgan fingerprint density at radius 2 is 1.52 bits per heavy atom. The van der Waals surface area contributed by atoms with Crippen molar-refractivity contribution < 1.29 is 9.53 Å². The van der Waals surface area contributed by atoms with Crippen molar-refractivity contribution in [3.05, 3.63) is 100 Å². The molecular formula is C24H23Cl2NO2. The van der Waals surface area contributed by atoms with Gasteiger partial charge in [-0.2, -0.15) is 0 Å². The van der Waals surface area contributed by atoms with Gasteiger partial charge in [-0.15, -0.1) is 0 Å². The van der Waals surface area contributed by atoms with E-state index in [4.69, 9.17) is 27.9 Å². The van der Waals surface area contributed by atoms with E-state index in [1.165, 1.54) is 11.1 Å². The van der Waals surface area contributed by atoms with E-state index in [2.05, 4.69) is 29.6 Å². The summed E-state index contributed by atoms with van der Waals surface area (Å²) in [5, 5.41) is 3.87. The molecule has 3 nitrogen and oxygen atoms in total. The van der Waals surface area contributed by atoms with Crippen molar-refractivity contribution in [2.24, 2.45) is 0 Å². The highest BCUT2D eigenvalue weighted by Gasteiger charge is 2.18. The van der Waals surface area contributed by atoms with Gasteiger partial charge in [0.1, 0.15) is 5.75 Å². The third-order valence-corrected chi connectivity index (χ3v) is 5.23. The standard InChI is InChI=1S/C24H23Cl2NO2/c1-17(29-23-13-12-20(25)16-22(23)26)24(28)27-15-14-21(18-8-4-2-5-9-18)19-10-6-3-7-11-19/h2-13,16-17,21H,14-15H2,1H3,(H,27,28)/t17-/m0/s1. The van der Waals surface area contributed by atoms with E-state index in [1.807, 2.05) is 36.4 Å². The normalized spacial score (nSPS) is 11.9. The number of amides is 1. The summed E-state index contributed by atoms with van der Waals surface area (Å²) in [7, 11) is 0. The van der Waals surface area contributed by atoms with Crippen molar-refractivity contribution in [2.45, 2.75) is 25.4 Å². The molecule has 5 heteroatoms. The second-order valence-corrected chi connectivity index (χ2v) is 7.63. The van der Waals surface area contributed by atoms with Crippen LogP contribution in [0.15, 0.2) is 78.9 Å². The molecule has 3 aromatic rings. The average Bonchev–Trinajstić information content (AvgIpc) is 2.74. The van der Waals surface area contributed by atoms with E-state index in [9.17, 15) is 4.79 Å². The van der Waals surface area contributed by atoms with Gasteiger partial charge in [-0.1, -0.05) is 83.9 Å². The first-order valence-corrected chi connectivity index (χ1v) is 10.3. The molecule has 0 radical (unpaired) electrons. The molecule has 1 atom stereocenters. The minimum Gasteiger partial charge on any atom is -0.479 e. The van der Waals surface area contributed by atoms with Gasteiger partial charge in [0.2, 0.25) is 0 Å². The summed E-state index contributed by atoms with van der Waals surface area (Å²) < 4.78 is 5.69. The van der Waals surface area contributed by atoms with Crippen LogP contribution in [0.1, 0.15) is 30.4 Å². The smallest absolute Gasteiger partial charge is 0.260 e. The van der Waals surface area contributed by atoms with Crippen LogP contribution in [0, 0.1) is 0 Å². The highest BCUT2D eigenvalue weighted by atomic mass is 35.5. The van der Waals surface area contributed by atoms with Gasteiger partial charge in [0.15, 0.2) is 6.10 Å². The molecule has 0 fully saturated rings. The molecule has 1 N–H and O–H groups in total. The Kier molecular flexibility index (Phi) is 7.56. The molecule has 150 valence electrons. The van der Waals surface area contributed by atoms with Gasteiger partial charge in [0.05, 0.1) is 5.02 Å². The molecule has 0 saturated heterocycles. The van der Waals surface area contributed by atoms with Gasteiger partial charge in [0.25, 0.3) is 5.91 Å². The van der Waals surface area contributed by atoms with E-state index in [0.717, 1.165) is 6.42 Å². The Balaban J connectivity index is 1.59. The number of halogens is 2. The number of ether oxygens (including phenoxy) is 1. The summed E-state index contributed by atoms with van der Waals surface area (Å²) in [6.07, 6.45) is 0.120. The highest BCUT2D eigenvalue weighted by molar-refractivity contribution is 6.35. The fraction of sp³-hybridized carbons (Fsp3) is 0.208. The van der Waals surface area contributed by atoms with Gasteiger partial charge in [-0.05, 0) is 42.7 Å². The van der Waals surface area contributed by atoms with E-state index >= 15 is 0 Å². The predicted molar refractivity (Wildman–Crippen MR) is 119 cm³/mol. The van der Waals surface area contributed by atoms with Crippen LogP contribution in [0.25, 0.3) is 0 Å². The molecule has 0 heterocycles. The van der Waals surface area contributed by atoms with Crippen LogP contribution < -0.4 is 10.1 Å². The van der Waals surface area contributed by atoms with E-state index < -0.39 is 6.10 Å². The van der Waals surface area contributed by atoms with Gasteiger partial charge < -0.3 is 10.1 Å². The zero-order valence-electron chi connectivity index (χ0n) is 16.1. The lowest BCUT2D eigenvalue weighted by Crippen LogP contribution is -2.37. The summed E-state index contributed by atoms with van der Waals surface area (Å²) >= 11 is 12.0. The van der Waals surface area contributed by atoms with Gasteiger partial charge in [-0.25, -0.2) is 0 Å². The largest absolute Gasteiger partial charge is 0.479 e. The van der Waals surface area contributed by atoms with Crippen molar-refractivity contribution >= 4 is 29.1 Å². The molecule has 0 bridgehead atoms. The molecular weight excluding hydrogens is 405 g/mol. The van der Waals surface area contributed by atoms with Crippen LogP contribution in [0.5, 0.6) is 5.75 Å². The topological polar surface area (TPSA) is 38.3 Å². The van der Waals surface area contributed by atoms with Crippen LogP contribution in [-0.4, -0.2) is 18.6 Å². The highest BCUT2D eigenvalue weighted by Crippen LogP contribution is 2.29. The Morgan fingerprint density at radius 3 is 2.07 bits per heavy atom. The van der Waals surface area contributed by atoms with Crippen molar-refractivity contribution in [3.63, 3.8) is 0 Å². The second-order valence-electron chi connectivity index (χ2n) is 6.79. The quantitative estimate of drug-likeness (QED) is 0.471. The maximum absolute atomic E-state index is 12.5. The van der Waals surface area contributed by atoms with E-state index in [0.29, 0.717) is 22.3 Å². The van der Waals surface area contributed by atoms with Crippen LogP contribution >= 0.6 is 23.2 Å². The summed E-state index contributed by atoms with van der Waals surface area (Å²) in [6, 6.07) is 25.6. The zero-order chi connectivity index (χ0) is 20.6. The van der Waals surface area contributed by atoms with Crippen LogP contribution in [0.3, 0.4) is 0 Å². The van der Waals surface area contributed by atoms with Gasteiger partial charge in [0, 0.05) is 17.5 Å². The number of benzene rings is 3. The Bertz CT molecular complexity index is 893. The first kappa shape index (κ1) is 21.2. The van der Waals surface area contributed by atoms with E-state index in [1.54, 1.807) is 25.1 Å². The summed E-state index contributed by atoms with van der Waals surface area (Å²) in [6.45, 7) is 2.24. The lowest BCUT2D eigenvalue weighted by molar-refractivity contribution is -0.127. The number of carbonyl (C=O) groups excluding carboxylic acids is 1. The number of nitrogens with one attached hydrogen (secondary N) is 1. The minimum absolute atomic E-state index is 0.184. The summed E-state index contributed by atoms with van der Waals surface area (Å²) in [4.78, 5) is 12.5. The number of hydrogen-bond acceptors (Lipinski definition) is 2. The molecule has 3 rings (SSSR count). The fourth-order valence-electron chi connectivity index (χ4n) is 3.19. The van der Waals surface area contributed by atoms with Gasteiger partial charge >= 0.3 is 0 Å². The molecule has 0 aliphatic rings. The summed E-state index contributed by atoms with van der Waals surface area (Å²) in [5.41, 5.74) is 2.45. The number of hydrogen-bond donors (Lipinski definition) is 1. The third-order valence-electron chi connectivity index (χ3n) is 4.70. The number of carbonyl (C=O) groups is 1. The lowest BCUT2D eigenvalue weighted by Gasteiger charge is -2.20. The molecule has 0 aliphatic carbocycles. The Labute approximate surface area is 181 Å². The molecule has 0 unspecified atom stereocenters. The monoisotopic (exact) mass is 427 g/mol. The first-order chi connectivity index (χ1) is 14.0. The van der Waals surface area contributed by atoms with Crippen molar-refractivity contribution in [3.8, 4) is 5.75 Å². The second kappa shape index (κ2) is 10.3. The van der Waals surface area contributed by atoms with Crippen LogP contribution in [-0.2, 0) is 4.79 Å². The average molecular weight is 428 g/mol. The third kappa shape index (κ3) is 5.99. The van der Waals surface area contributed by atoms with Crippen LogP contribution in [0.2, 0.25) is 10.0 Å². The molecule has 0 aliphatic heterocycles. The minimum atomic E-state index is -0.666. The van der Waals surface area contributed by atoms with Crippen molar-refractivity contribution in [1.82, 2.24) is 5.32 Å². The molecule has 1 amide bonds. The van der Waals surface area contributed by atoms with Gasteiger partial charge in [-0.3, -0.25) is 4.79 Å². The predicted octanol–water partition coefficient (Wildman–Crippen LogP) is 6.10. The molecule has 3 aromatic carbocycles. The number of rotatable bonds is 8. The van der Waals surface area contributed by atoms with Crippen molar-refractivity contribution in [2.75, 3.05) is 6.54 Å². The summed E-state index contributed by atoms with van der Waals surface area (Å²) in [5.74, 6) is 0.459. The zero-order valence-corrected chi connectivity index (χ0v) is 17.7. The fourth-order valence-corrected chi connectivity index (χ4v) is 3.65. The molecule has 0 spiro atoms. The maximum Gasteiger partial charge on any atom is 0.260 e. The molecule has 0 saturated carbocycles. The van der Waals surface area contributed by atoms with Crippen LogP contribution in [0.4, 0.5) is 0 Å². The lowest BCUT2D eigenvalue weighted by atomic mass is 9.88. The maximum atomic E-state index is 12.5. The van der Waals surface area contributed by atoms with Crippen molar-refractivity contribution in [1.29, 1.82) is 0 Å². The SMILES string of the molecule is C[C@H](Oc1ccc(Cl)cc1Cl)C(=O)NCCC(c1ccccc1)c1ccccc1. The Morgan fingerprint density at radius 1 is 0.931 bits per heavy atom. The van der Waals surface area contributed by atoms with E-state index in [-0.39, 0.29) is 11.8 Å².